The number of rotatable bonds is 10. The van der Waals surface area contributed by atoms with Crippen molar-refractivity contribution in [2.75, 3.05) is 52.5 Å². The average molecular weight is 500 g/mol. The Labute approximate surface area is 208 Å². The molecule has 2 N–H and O–H groups in total. The van der Waals surface area contributed by atoms with Gasteiger partial charge in [0.15, 0.2) is 6.10 Å². The minimum Gasteiger partial charge on any atom is -0.481 e. The number of hydrogen-bond acceptors (Lipinski definition) is 8. The number of amidine groups is 1. The van der Waals surface area contributed by atoms with Gasteiger partial charge in [0.1, 0.15) is 5.84 Å². The van der Waals surface area contributed by atoms with Crippen LogP contribution in [-0.2, 0) is 19.1 Å². The summed E-state index contributed by atoms with van der Waals surface area (Å²) in [5.74, 6) is -1.48. The Morgan fingerprint density at radius 3 is 2.40 bits per heavy atom. The van der Waals surface area contributed by atoms with Crippen LogP contribution in [0.4, 0.5) is 5.69 Å². The van der Waals surface area contributed by atoms with E-state index in [1.165, 1.54) is 4.90 Å². The number of piperazine rings is 1. The smallest absolute Gasteiger partial charge is 0.333 e. The van der Waals surface area contributed by atoms with Gasteiger partial charge in [-0.2, -0.15) is 0 Å². The molecule has 0 aliphatic carbocycles. The van der Waals surface area contributed by atoms with E-state index >= 15 is 0 Å². The molecule has 35 heavy (non-hydrogen) atoms. The SMILES string of the molecule is O=C(O)CC(OCCOCCN1CCN(C2=Nc3ccccc3Sc3ccccc32)CC1)C(=O)O. The van der Waals surface area contributed by atoms with Crippen LogP contribution in [0.2, 0.25) is 0 Å². The second-order valence-electron chi connectivity index (χ2n) is 8.24. The van der Waals surface area contributed by atoms with Crippen LogP contribution in [0.15, 0.2) is 63.3 Å². The van der Waals surface area contributed by atoms with Gasteiger partial charge < -0.3 is 24.6 Å². The van der Waals surface area contributed by atoms with Gasteiger partial charge in [0.2, 0.25) is 0 Å². The van der Waals surface area contributed by atoms with Crippen molar-refractivity contribution in [1.29, 1.82) is 0 Å². The first kappa shape index (κ1) is 25.2. The van der Waals surface area contributed by atoms with E-state index in [9.17, 15) is 9.59 Å². The number of para-hydroxylation sites is 1. The Bertz CT molecular complexity index is 1070. The molecule has 2 aromatic rings. The number of hydrogen-bond donors (Lipinski definition) is 2. The van der Waals surface area contributed by atoms with Crippen LogP contribution in [0.1, 0.15) is 12.0 Å². The number of benzene rings is 2. The average Bonchev–Trinajstić information content (AvgIpc) is 3.02. The highest BCUT2D eigenvalue weighted by atomic mass is 32.2. The molecule has 2 heterocycles. The van der Waals surface area contributed by atoms with Crippen molar-refractivity contribution in [3.05, 3.63) is 54.1 Å². The second kappa shape index (κ2) is 12.2. The summed E-state index contributed by atoms with van der Waals surface area (Å²) in [4.78, 5) is 33.8. The molecule has 1 unspecified atom stereocenters. The van der Waals surface area contributed by atoms with Crippen LogP contribution < -0.4 is 0 Å². The van der Waals surface area contributed by atoms with E-state index in [0.29, 0.717) is 6.61 Å². The summed E-state index contributed by atoms with van der Waals surface area (Å²) in [6.07, 6.45) is -1.92. The Hall–Kier alpha value is -2.92. The van der Waals surface area contributed by atoms with E-state index in [0.717, 1.165) is 54.7 Å². The zero-order chi connectivity index (χ0) is 24.6. The lowest BCUT2D eigenvalue weighted by Crippen LogP contribution is -2.49. The van der Waals surface area contributed by atoms with Gasteiger partial charge in [-0.05, 0) is 18.2 Å². The Kier molecular flexibility index (Phi) is 8.75. The van der Waals surface area contributed by atoms with Gasteiger partial charge in [-0.15, -0.1) is 0 Å². The highest BCUT2D eigenvalue weighted by molar-refractivity contribution is 7.99. The second-order valence-corrected chi connectivity index (χ2v) is 9.32. The lowest BCUT2D eigenvalue weighted by Gasteiger charge is -2.36. The van der Waals surface area contributed by atoms with Gasteiger partial charge in [-0.3, -0.25) is 9.69 Å². The maximum absolute atomic E-state index is 11.0. The van der Waals surface area contributed by atoms with Gasteiger partial charge in [0.05, 0.1) is 31.9 Å². The monoisotopic (exact) mass is 499 g/mol. The van der Waals surface area contributed by atoms with Crippen molar-refractivity contribution in [1.82, 2.24) is 9.80 Å². The Morgan fingerprint density at radius 1 is 0.943 bits per heavy atom. The molecule has 10 heteroatoms. The van der Waals surface area contributed by atoms with Crippen molar-refractivity contribution in [3.63, 3.8) is 0 Å². The van der Waals surface area contributed by atoms with Crippen LogP contribution in [0.25, 0.3) is 0 Å². The Balaban J connectivity index is 1.24. The first-order valence-electron chi connectivity index (χ1n) is 11.6. The molecule has 4 rings (SSSR count). The summed E-state index contributed by atoms with van der Waals surface area (Å²) in [6, 6.07) is 16.6. The van der Waals surface area contributed by atoms with E-state index in [2.05, 4.69) is 46.2 Å². The lowest BCUT2D eigenvalue weighted by atomic mass is 10.1. The number of carboxylic acid groups (broad SMARTS) is 2. The maximum atomic E-state index is 11.0. The number of nitrogens with zero attached hydrogens (tertiary/aromatic N) is 3. The van der Waals surface area contributed by atoms with E-state index < -0.39 is 24.5 Å². The van der Waals surface area contributed by atoms with E-state index in [1.54, 1.807) is 11.8 Å². The van der Waals surface area contributed by atoms with Gasteiger partial charge >= 0.3 is 11.9 Å². The number of aliphatic carboxylic acids is 2. The maximum Gasteiger partial charge on any atom is 0.333 e. The van der Waals surface area contributed by atoms with Crippen molar-refractivity contribution in [3.8, 4) is 0 Å². The molecule has 2 aromatic carbocycles. The largest absolute Gasteiger partial charge is 0.481 e. The van der Waals surface area contributed by atoms with Gasteiger partial charge in [-0.1, -0.05) is 42.1 Å². The van der Waals surface area contributed by atoms with E-state index in [-0.39, 0.29) is 13.2 Å². The fourth-order valence-corrected chi connectivity index (χ4v) is 5.03. The molecule has 1 fully saturated rings. The molecule has 186 valence electrons. The molecule has 2 aliphatic rings. The number of carbonyl (C=O) groups is 2. The molecule has 0 radical (unpaired) electrons. The van der Waals surface area contributed by atoms with Crippen LogP contribution in [0.3, 0.4) is 0 Å². The van der Waals surface area contributed by atoms with Crippen molar-refractivity contribution in [2.45, 2.75) is 22.3 Å². The van der Waals surface area contributed by atoms with Crippen LogP contribution in [0.5, 0.6) is 0 Å². The zero-order valence-electron chi connectivity index (χ0n) is 19.3. The number of aliphatic imine (C=N–C) groups is 1. The first-order valence-corrected chi connectivity index (χ1v) is 12.4. The zero-order valence-corrected chi connectivity index (χ0v) is 20.2. The first-order chi connectivity index (χ1) is 17.0. The van der Waals surface area contributed by atoms with E-state index in [1.807, 2.05) is 12.1 Å². The summed E-state index contributed by atoms with van der Waals surface area (Å²) in [7, 11) is 0. The molecule has 2 aliphatic heterocycles. The summed E-state index contributed by atoms with van der Waals surface area (Å²) in [5, 5.41) is 17.7. The summed E-state index contributed by atoms with van der Waals surface area (Å²) < 4.78 is 10.7. The number of fused-ring (bicyclic) bond motifs is 2. The number of ether oxygens (including phenoxy) is 2. The molecule has 0 spiro atoms. The Morgan fingerprint density at radius 2 is 1.66 bits per heavy atom. The highest BCUT2D eigenvalue weighted by Gasteiger charge is 2.25. The lowest BCUT2D eigenvalue weighted by molar-refractivity contribution is -0.157. The van der Waals surface area contributed by atoms with Crippen molar-refractivity contribution >= 4 is 35.2 Å². The molecular formula is C25H29N3O6S. The fourth-order valence-electron chi connectivity index (χ4n) is 4.01. The quantitative estimate of drug-likeness (QED) is 0.477. The molecule has 9 nitrogen and oxygen atoms in total. The number of carboxylic acids is 2. The van der Waals surface area contributed by atoms with Gasteiger partial charge in [-0.25, -0.2) is 9.79 Å². The standard InChI is InChI=1S/C25H29N3O6S/c29-23(30)17-20(25(31)32)34-16-15-33-14-13-27-9-11-28(12-10-27)24-18-5-1-3-7-21(18)35-22-8-4-2-6-19(22)26-24/h1-8,20H,9-17H2,(H,29,30)(H,31,32). The third-order valence-corrected chi connectivity index (χ3v) is 6.99. The van der Waals surface area contributed by atoms with Crippen LogP contribution in [0, 0.1) is 0 Å². The van der Waals surface area contributed by atoms with E-state index in [4.69, 9.17) is 24.7 Å². The molecule has 0 bridgehead atoms. The van der Waals surface area contributed by atoms with Crippen LogP contribution in [-0.4, -0.2) is 96.4 Å². The molecular weight excluding hydrogens is 470 g/mol. The topological polar surface area (TPSA) is 112 Å². The van der Waals surface area contributed by atoms with Crippen molar-refractivity contribution < 1.29 is 29.3 Å². The third kappa shape index (κ3) is 6.82. The molecule has 0 saturated carbocycles. The minimum atomic E-state index is -1.36. The fraction of sp³-hybridized carbons (Fsp3) is 0.400. The van der Waals surface area contributed by atoms with Gasteiger partial charge in [0.25, 0.3) is 0 Å². The van der Waals surface area contributed by atoms with Crippen LogP contribution >= 0.6 is 11.8 Å². The predicted octanol–water partition coefficient (Wildman–Crippen LogP) is 2.81. The molecule has 1 saturated heterocycles. The highest BCUT2D eigenvalue weighted by Crippen LogP contribution is 2.40. The normalized spacial score (nSPS) is 16.6. The predicted molar refractivity (Wildman–Crippen MR) is 132 cm³/mol. The molecule has 0 aromatic heterocycles. The summed E-state index contributed by atoms with van der Waals surface area (Å²) in [6.45, 7) is 4.99. The summed E-state index contributed by atoms with van der Waals surface area (Å²) in [5.41, 5.74) is 2.16. The third-order valence-electron chi connectivity index (χ3n) is 5.85. The van der Waals surface area contributed by atoms with Gasteiger partial charge in [0, 0.05) is 48.1 Å². The molecule has 0 amide bonds. The molecule has 1 atom stereocenters. The summed E-state index contributed by atoms with van der Waals surface area (Å²) >= 11 is 1.76. The van der Waals surface area contributed by atoms with Crippen molar-refractivity contribution in [2.24, 2.45) is 4.99 Å². The minimum absolute atomic E-state index is 0.0384.